The number of aromatic nitrogens is 2. The lowest BCUT2D eigenvalue weighted by Gasteiger charge is -2.18. The van der Waals surface area contributed by atoms with E-state index in [1.165, 1.54) is 0 Å². The molecule has 16 heavy (non-hydrogen) atoms. The van der Waals surface area contributed by atoms with Gasteiger partial charge in [0.05, 0.1) is 11.7 Å². The Kier molecular flexibility index (Phi) is 5.48. The Hall–Kier alpha value is -0.880. The maximum atomic E-state index is 11.6. The first kappa shape index (κ1) is 13.2. The van der Waals surface area contributed by atoms with Gasteiger partial charge >= 0.3 is 0 Å². The van der Waals surface area contributed by atoms with Crippen LogP contribution in [0.5, 0.6) is 0 Å². The zero-order valence-corrected chi connectivity index (χ0v) is 10.9. The summed E-state index contributed by atoms with van der Waals surface area (Å²) in [7, 11) is 0. The van der Waals surface area contributed by atoms with Crippen LogP contribution < -0.4 is 5.32 Å². The third-order valence-electron chi connectivity index (χ3n) is 2.20. The molecule has 1 rings (SSSR count). The van der Waals surface area contributed by atoms with Gasteiger partial charge in [-0.05, 0) is 13.8 Å². The molecule has 0 saturated carbocycles. The second-order valence-corrected chi connectivity index (χ2v) is 4.03. The quantitative estimate of drug-likeness (QED) is 0.850. The normalized spacial score (nSPS) is 10.2. The second-order valence-electron chi connectivity index (χ2n) is 3.15. The van der Waals surface area contributed by atoms with E-state index >= 15 is 0 Å². The monoisotopic (exact) mass is 262 g/mol. The number of rotatable bonds is 6. The van der Waals surface area contributed by atoms with Crippen LogP contribution in [0.2, 0.25) is 5.15 Å². The maximum Gasteiger partial charge on any atom is 0.224 e. The summed E-state index contributed by atoms with van der Waals surface area (Å²) in [6, 6.07) is 0. The lowest BCUT2D eigenvalue weighted by molar-refractivity contribution is -0.130. The number of nitrogens with one attached hydrogen (secondary N) is 1. The smallest absolute Gasteiger partial charge is 0.224 e. The molecule has 0 aliphatic rings. The van der Waals surface area contributed by atoms with Crippen LogP contribution in [-0.2, 0) is 4.79 Å². The molecular weight excluding hydrogens is 248 g/mol. The predicted molar refractivity (Wildman–Crippen MR) is 66.0 cm³/mol. The third-order valence-corrected chi connectivity index (χ3v) is 3.09. The van der Waals surface area contributed by atoms with Crippen LogP contribution >= 0.6 is 23.3 Å². The molecule has 90 valence electrons. The fourth-order valence-electron chi connectivity index (χ4n) is 1.31. The van der Waals surface area contributed by atoms with Crippen molar-refractivity contribution in [3.05, 3.63) is 5.15 Å². The van der Waals surface area contributed by atoms with Crippen LogP contribution in [0.4, 0.5) is 5.82 Å². The number of carbonyl (C=O) groups excluding carboxylic acids is 1. The molecule has 0 saturated heterocycles. The van der Waals surface area contributed by atoms with Gasteiger partial charge in [-0.15, -0.1) is 0 Å². The topological polar surface area (TPSA) is 58.1 Å². The molecule has 1 heterocycles. The number of amides is 1. The summed E-state index contributed by atoms with van der Waals surface area (Å²) in [5.74, 6) is 0.691. The molecule has 0 atom stereocenters. The molecular formula is C9H15ClN4OS. The van der Waals surface area contributed by atoms with Crippen LogP contribution in [0.1, 0.15) is 20.3 Å². The van der Waals surface area contributed by atoms with Gasteiger partial charge in [0, 0.05) is 26.1 Å². The summed E-state index contributed by atoms with van der Waals surface area (Å²) in [6.07, 6.45) is 0.440. The number of halogens is 1. The molecule has 0 aromatic carbocycles. The third kappa shape index (κ3) is 3.61. The Morgan fingerprint density at radius 2 is 2.12 bits per heavy atom. The standard InChI is InChI=1S/C9H15ClN4OS/c1-3-14(4-2)7(15)5-6-11-9-8(10)12-16-13-9/h3-6H2,1-2H3,(H,11,13). The van der Waals surface area contributed by atoms with Gasteiger partial charge in [0.25, 0.3) is 0 Å². The van der Waals surface area contributed by atoms with E-state index in [0.717, 1.165) is 24.8 Å². The summed E-state index contributed by atoms with van der Waals surface area (Å²) in [5, 5.41) is 3.35. The number of nitrogens with zero attached hydrogens (tertiary/aromatic N) is 3. The van der Waals surface area contributed by atoms with E-state index in [2.05, 4.69) is 14.1 Å². The van der Waals surface area contributed by atoms with Gasteiger partial charge in [0.2, 0.25) is 5.91 Å². The van der Waals surface area contributed by atoms with E-state index in [9.17, 15) is 4.79 Å². The first-order valence-electron chi connectivity index (χ1n) is 5.18. The van der Waals surface area contributed by atoms with Crippen molar-refractivity contribution < 1.29 is 4.79 Å². The first-order chi connectivity index (χ1) is 7.69. The van der Waals surface area contributed by atoms with Crippen molar-refractivity contribution in [2.24, 2.45) is 0 Å². The first-order valence-corrected chi connectivity index (χ1v) is 6.29. The number of hydrogen-bond acceptors (Lipinski definition) is 5. The molecule has 5 nitrogen and oxygen atoms in total. The number of carbonyl (C=O) groups is 1. The predicted octanol–water partition coefficient (Wildman–Crippen LogP) is 1.86. The van der Waals surface area contributed by atoms with E-state index in [0.29, 0.717) is 23.9 Å². The molecule has 0 bridgehead atoms. The minimum atomic E-state index is 0.136. The fourth-order valence-corrected chi connectivity index (χ4v) is 1.99. The zero-order valence-electron chi connectivity index (χ0n) is 9.36. The van der Waals surface area contributed by atoms with Crippen molar-refractivity contribution in [2.45, 2.75) is 20.3 Å². The van der Waals surface area contributed by atoms with Crippen LogP contribution in [0, 0.1) is 0 Å². The fraction of sp³-hybridized carbons (Fsp3) is 0.667. The van der Waals surface area contributed by atoms with Crippen molar-refractivity contribution in [2.75, 3.05) is 25.0 Å². The van der Waals surface area contributed by atoms with Gasteiger partial charge in [0.15, 0.2) is 11.0 Å². The second kappa shape index (κ2) is 6.65. The van der Waals surface area contributed by atoms with Crippen LogP contribution in [0.25, 0.3) is 0 Å². The Morgan fingerprint density at radius 1 is 1.44 bits per heavy atom. The van der Waals surface area contributed by atoms with E-state index < -0.39 is 0 Å². The highest BCUT2D eigenvalue weighted by molar-refractivity contribution is 6.99. The van der Waals surface area contributed by atoms with Gasteiger partial charge in [0.1, 0.15) is 0 Å². The highest BCUT2D eigenvalue weighted by Gasteiger charge is 2.10. The van der Waals surface area contributed by atoms with Gasteiger partial charge in [-0.1, -0.05) is 11.6 Å². The summed E-state index contributed by atoms with van der Waals surface area (Å²) >= 11 is 6.80. The lowest BCUT2D eigenvalue weighted by Crippen LogP contribution is -2.31. The molecule has 0 aliphatic carbocycles. The molecule has 0 aliphatic heterocycles. The SMILES string of the molecule is CCN(CC)C(=O)CCNc1nsnc1Cl. The molecule has 1 N–H and O–H groups in total. The molecule has 0 fully saturated rings. The molecule has 0 radical (unpaired) electrons. The van der Waals surface area contributed by atoms with Gasteiger partial charge in [-0.3, -0.25) is 4.79 Å². The largest absolute Gasteiger partial charge is 0.366 e. The summed E-state index contributed by atoms with van der Waals surface area (Å²) in [6.45, 7) is 5.95. The minimum absolute atomic E-state index is 0.136. The van der Waals surface area contributed by atoms with Gasteiger partial charge < -0.3 is 10.2 Å². The highest BCUT2D eigenvalue weighted by Crippen LogP contribution is 2.17. The van der Waals surface area contributed by atoms with Crippen molar-refractivity contribution in [3.63, 3.8) is 0 Å². The van der Waals surface area contributed by atoms with E-state index in [4.69, 9.17) is 11.6 Å². The van der Waals surface area contributed by atoms with Crippen molar-refractivity contribution >= 4 is 35.1 Å². The van der Waals surface area contributed by atoms with Crippen molar-refractivity contribution in [1.29, 1.82) is 0 Å². The Labute approximate surface area is 104 Å². The lowest BCUT2D eigenvalue weighted by atomic mass is 10.3. The van der Waals surface area contributed by atoms with Crippen LogP contribution in [0.3, 0.4) is 0 Å². The van der Waals surface area contributed by atoms with Crippen molar-refractivity contribution in [3.8, 4) is 0 Å². The summed E-state index contributed by atoms with van der Waals surface area (Å²) in [4.78, 5) is 13.4. The molecule has 7 heteroatoms. The average Bonchev–Trinajstić information content (AvgIpc) is 2.66. The minimum Gasteiger partial charge on any atom is -0.366 e. The molecule has 0 spiro atoms. The average molecular weight is 263 g/mol. The van der Waals surface area contributed by atoms with Crippen LogP contribution in [-0.4, -0.2) is 39.2 Å². The number of anilines is 1. The molecule has 1 aromatic heterocycles. The van der Waals surface area contributed by atoms with E-state index in [-0.39, 0.29) is 5.91 Å². The maximum absolute atomic E-state index is 11.6. The summed E-state index contributed by atoms with van der Waals surface area (Å²) < 4.78 is 7.78. The van der Waals surface area contributed by atoms with Crippen molar-refractivity contribution in [1.82, 2.24) is 13.6 Å². The molecule has 1 amide bonds. The molecule has 0 unspecified atom stereocenters. The van der Waals surface area contributed by atoms with Gasteiger partial charge in [-0.2, -0.15) is 8.75 Å². The Morgan fingerprint density at radius 3 is 2.62 bits per heavy atom. The van der Waals surface area contributed by atoms with E-state index in [1.807, 2.05) is 13.8 Å². The van der Waals surface area contributed by atoms with E-state index in [1.54, 1.807) is 4.90 Å². The zero-order chi connectivity index (χ0) is 12.0. The Bertz CT molecular complexity index is 340. The van der Waals surface area contributed by atoms with Crippen LogP contribution in [0.15, 0.2) is 0 Å². The van der Waals surface area contributed by atoms with Gasteiger partial charge in [-0.25, -0.2) is 0 Å². The Balaban J connectivity index is 2.30. The molecule has 1 aromatic rings. The summed E-state index contributed by atoms with van der Waals surface area (Å²) in [5.41, 5.74) is 0. The highest BCUT2D eigenvalue weighted by atomic mass is 35.5. The number of hydrogen-bond donors (Lipinski definition) is 1.